The van der Waals surface area contributed by atoms with Gasteiger partial charge in [0.2, 0.25) is 5.43 Å². The van der Waals surface area contributed by atoms with Crippen LogP contribution in [0.1, 0.15) is 33.8 Å². The number of carbonyl (C=O) groups excluding carboxylic acids is 2. The Labute approximate surface area is 199 Å². The molecule has 1 N–H and O–H groups in total. The first-order valence-electron chi connectivity index (χ1n) is 10.8. The molecule has 3 aromatic carbocycles. The van der Waals surface area contributed by atoms with Crippen LogP contribution < -0.4 is 14.9 Å². The Kier molecular flexibility index (Phi) is 5.49. The van der Waals surface area contributed by atoms with Gasteiger partial charge < -0.3 is 23.7 Å². The van der Waals surface area contributed by atoms with E-state index in [1.54, 1.807) is 55.6 Å². The van der Waals surface area contributed by atoms with Crippen LogP contribution in [-0.2, 0) is 9.53 Å². The Morgan fingerprint density at radius 1 is 1.03 bits per heavy atom. The predicted molar refractivity (Wildman–Crippen MR) is 126 cm³/mol. The van der Waals surface area contributed by atoms with Crippen molar-refractivity contribution in [2.45, 2.75) is 12.3 Å². The maximum Gasteiger partial charge on any atom is 0.337 e. The summed E-state index contributed by atoms with van der Waals surface area (Å²) in [4.78, 5) is 37.6. The number of carbonyl (C=O) groups is 2. The Balaban J connectivity index is 1.68. The van der Waals surface area contributed by atoms with E-state index in [2.05, 4.69) is 0 Å². The van der Waals surface area contributed by atoms with Crippen molar-refractivity contribution >= 4 is 22.9 Å². The summed E-state index contributed by atoms with van der Waals surface area (Å²) in [6.07, 6.45) is 1.33. The third-order valence-corrected chi connectivity index (χ3v) is 6.11. The molecule has 1 atom stereocenters. The lowest BCUT2D eigenvalue weighted by atomic mass is 9.84. The molecule has 0 aliphatic carbocycles. The van der Waals surface area contributed by atoms with Gasteiger partial charge in [-0.05, 0) is 35.4 Å². The van der Waals surface area contributed by atoms with Gasteiger partial charge in [0.1, 0.15) is 34.5 Å². The minimum atomic E-state index is -0.518. The van der Waals surface area contributed by atoms with Crippen molar-refractivity contribution in [3.63, 3.8) is 0 Å². The molecule has 8 nitrogen and oxygen atoms in total. The lowest BCUT2D eigenvalue weighted by Crippen LogP contribution is -2.22. The third-order valence-electron chi connectivity index (χ3n) is 6.11. The quantitative estimate of drug-likeness (QED) is 0.344. The van der Waals surface area contributed by atoms with E-state index in [4.69, 9.17) is 18.6 Å². The average Bonchev–Trinajstić information content (AvgIpc) is 2.87. The Hall–Kier alpha value is -4.59. The van der Waals surface area contributed by atoms with E-state index in [1.165, 1.54) is 19.4 Å². The largest absolute Gasteiger partial charge is 0.507 e. The Morgan fingerprint density at radius 3 is 2.40 bits per heavy atom. The predicted octanol–water partition coefficient (Wildman–Crippen LogP) is 4.40. The highest BCUT2D eigenvalue weighted by molar-refractivity contribution is 5.94. The van der Waals surface area contributed by atoms with E-state index in [-0.39, 0.29) is 34.5 Å². The second-order valence-electron chi connectivity index (χ2n) is 8.06. The highest BCUT2D eigenvalue weighted by atomic mass is 16.5. The third kappa shape index (κ3) is 3.78. The number of aromatic hydroxyl groups is 1. The summed E-state index contributed by atoms with van der Waals surface area (Å²) in [6, 6.07) is 14.8. The lowest BCUT2D eigenvalue weighted by molar-refractivity contribution is -0.135. The molecule has 1 aromatic heterocycles. The summed E-state index contributed by atoms with van der Waals surface area (Å²) in [5.41, 5.74) is 2.12. The number of hydrogen-bond donors (Lipinski definition) is 1. The zero-order valence-corrected chi connectivity index (χ0v) is 18.9. The zero-order chi connectivity index (χ0) is 24.7. The van der Waals surface area contributed by atoms with Crippen LogP contribution in [0.15, 0.2) is 70.1 Å². The van der Waals surface area contributed by atoms with Gasteiger partial charge in [0.15, 0.2) is 0 Å². The molecule has 0 bridgehead atoms. The highest BCUT2D eigenvalue weighted by Crippen LogP contribution is 2.45. The summed E-state index contributed by atoms with van der Waals surface area (Å²) >= 11 is 0. The molecular weight excluding hydrogens is 452 g/mol. The Morgan fingerprint density at radius 2 is 1.74 bits per heavy atom. The maximum atomic E-state index is 13.4. The first kappa shape index (κ1) is 22.2. The van der Waals surface area contributed by atoms with Gasteiger partial charge in [-0.25, -0.2) is 4.79 Å². The number of hydrogen-bond acceptors (Lipinski definition) is 8. The standard InChI is InChI=1S/C27H20O8/c1-32-17-9-7-15(8-10-17)19-13-34-26-23-18(14-3-5-16(6-4-14)27(31)33-2)11-22(29)35-21(23)12-20(28)24(26)25(19)30/h3-10,12-13,18,28H,11H2,1-2H3/t18-/m1/s1. The molecule has 0 saturated heterocycles. The zero-order valence-electron chi connectivity index (χ0n) is 18.9. The van der Waals surface area contributed by atoms with Crippen molar-refractivity contribution < 1.29 is 33.3 Å². The van der Waals surface area contributed by atoms with Crippen LogP contribution >= 0.6 is 0 Å². The molecule has 0 saturated carbocycles. The molecule has 0 amide bonds. The van der Waals surface area contributed by atoms with Crippen molar-refractivity contribution in [2.75, 3.05) is 14.2 Å². The fourth-order valence-electron chi connectivity index (χ4n) is 4.36. The number of rotatable bonds is 4. The molecule has 0 unspecified atom stereocenters. The van der Waals surface area contributed by atoms with Crippen LogP contribution in [0.4, 0.5) is 0 Å². The van der Waals surface area contributed by atoms with Gasteiger partial charge >= 0.3 is 11.9 Å². The van der Waals surface area contributed by atoms with Gasteiger partial charge in [-0.1, -0.05) is 24.3 Å². The fraction of sp³-hybridized carbons (Fsp3) is 0.148. The molecule has 1 aliphatic heterocycles. The molecular formula is C27H20O8. The minimum Gasteiger partial charge on any atom is -0.507 e. The number of benzene rings is 3. The number of esters is 2. The van der Waals surface area contributed by atoms with Crippen molar-refractivity contribution in [3.8, 4) is 28.4 Å². The number of fused-ring (bicyclic) bond motifs is 3. The number of phenolic OH excluding ortho intramolecular Hbond substituents is 1. The normalized spacial score (nSPS) is 14.8. The van der Waals surface area contributed by atoms with E-state index in [0.717, 1.165) is 0 Å². The van der Waals surface area contributed by atoms with Crippen LogP contribution in [0.2, 0.25) is 0 Å². The molecule has 8 heteroatoms. The summed E-state index contributed by atoms with van der Waals surface area (Å²) in [5, 5.41) is 10.7. The smallest absolute Gasteiger partial charge is 0.337 e. The van der Waals surface area contributed by atoms with Crippen molar-refractivity contribution in [3.05, 3.63) is 87.8 Å². The van der Waals surface area contributed by atoms with Crippen LogP contribution in [0.25, 0.3) is 22.1 Å². The van der Waals surface area contributed by atoms with E-state index in [0.29, 0.717) is 28.0 Å². The molecule has 2 heterocycles. The van der Waals surface area contributed by atoms with Gasteiger partial charge in [-0.3, -0.25) is 9.59 Å². The molecule has 0 radical (unpaired) electrons. The fourth-order valence-corrected chi connectivity index (χ4v) is 4.36. The van der Waals surface area contributed by atoms with Gasteiger partial charge in [0.25, 0.3) is 0 Å². The van der Waals surface area contributed by atoms with E-state index >= 15 is 0 Å². The molecule has 5 rings (SSSR count). The number of ether oxygens (including phenoxy) is 3. The molecule has 0 spiro atoms. The van der Waals surface area contributed by atoms with Gasteiger partial charge in [0, 0.05) is 17.5 Å². The molecule has 1 aliphatic rings. The summed E-state index contributed by atoms with van der Waals surface area (Å²) < 4.78 is 21.2. The number of phenols is 1. The Bertz CT molecular complexity index is 1510. The second-order valence-corrected chi connectivity index (χ2v) is 8.06. The van der Waals surface area contributed by atoms with E-state index in [1.807, 2.05) is 0 Å². The van der Waals surface area contributed by atoms with Crippen LogP contribution in [0.5, 0.6) is 17.2 Å². The van der Waals surface area contributed by atoms with Crippen LogP contribution in [-0.4, -0.2) is 31.3 Å². The van der Waals surface area contributed by atoms with Crippen molar-refractivity contribution in [2.24, 2.45) is 0 Å². The highest BCUT2D eigenvalue weighted by Gasteiger charge is 2.33. The molecule has 0 fully saturated rings. The number of methoxy groups -OCH3 is 2. The SMILES string of the molecule is COC(=O)c1ccc([C@H]2CC(=O)Oc3cc(O)c4c(=O)c(-c5ccc(OC)cc5)coc4c32)cc1. The van der Waals surface area contributed by atoms with E-state index < -0.39 is 23.3 Å². The summed E-state index contributed by atoms with van der Waals surface area (Å²) in [7, 11) is 2.84. The van der Waals surface area contributed by atoms with Gasteiger partial charge in [-0.15, -0.1) is 0 Å². The molecule has 35 heavy (non-hydrogen) atoms. The van der Waals surface area contributed by atoms with Crippen LogP contribution in [0, 0.1) is 0 Å². The van der Waals surface area contributed by atoms with Gasteiger partial charge in [0.05, 0.1) is 31.8 Å². The van der Waals surface area contributed by atoms with Gasteiger partial charge in [-0.2, -0.15) is 0 Å². The molecule has 4 aromatic rings. The first-order valence-corrected chi connectivity index (χ1v) is 10.8. The first-order chi connectivity index (χ1) is 16.9. The lowest BCUT2D eigenvalue weighted by Gasteiger charge is -2.26. The minimum absolute atomic E-state index is 0.00557. The summed E-state index contributed by atoms with van der Waals surface area (Å²) in [5.74, 6) is -1.08. The topological polar surface area (TPSA) is 112 Å². The monoisotopic (exact) mass is 472 g/mol. The van der Waals surface area contributed by atoms with Crippen LogP contribution in [0.3, 0.4) is 0 Å². The van der Waals surface area contributed by atoms with E-state index in [9.17, 15) is 19.5 Å². The summed E-state index contributed by atoms with van der Waals surface area (Å²) in [6.45, 7) is 0. The second kappa shape index (κ2) is 8.64. The molecule has 176 valence electrons. The average molecular weight is 472 g/mol. The van der Waals surface area contributed by atoms with Crippen molar-refractivity contribution in [1.82, 2.24) is 0 Å². The van der Waals surface area contributed by atoms with Crippen molar-refractivity contribution in [1.29, 1.82) is 0 Å². The maximum absolute atomic E-state index is 13.4.